The van der Waals surface area contributed by atoms with Crippen molar-refractivity contribution in [2.75, 3.05) is 0 Å². The van der Waals surface area contributed by atoms with Gasteiger partial charge in [-0.1, -0.05) is 61.7 Å². The van der Waals surface area contributed by atoms with E-state index in [1.807, 2.05) is 0 Å². The zero-order chi connectivity index (χ0) is 11.7. The summed E-state index contributed by atoms with van der Waals surface area (Å²) >= 11 is 0. The minimum atomic E-state index is -1.19. The lowest BCUT2D eigenvalue weighted by atomic mass is 10.4. The molecule has 1 aromatic rings. The van der Waals surface area contributed by atoms with Gasteiger partial charge in [0.25, 0.3) is 0 Å². The van der Waals surface area contributed by atoms with E-state index in [4.69, 9.17) is 0 Å². The van der Waals surface area contributed by atoms with Gasteiger partial charge in [-0.15, -0.1) is 7.11 Å². The van der Waals surface area contributed by atoms with E-state index in [0.717, 1.165) is 0 Å². The second-order valence-electron chi connectivity index (χ2n) is 5.62. The van der Waals surface area contributed by atoms with Crippen LogP contribution in [0.15, 0.2) is 30.3 Å². The molecular weight excluding hydrogens is 228 g/mol. The average molecular weight is 252 g/mol. The van der Waals surface area contributed by atoms with Gasteiger partial charge in [-0.3, -0.25) is 8.31 Å². The molecule has 0 nitrogen and oxygen atoms in total. The zero-order valence-electron chi connectivity index (χ0n) is 10.9. The summed E-state index contributed by atoms with van der Waals surface area (Å²) in [7, 11) is -2.31. The summed E-state index contributed by atoms with van der Waals surface area (Å²) < 4.78 is 0. The topological polar surface area (TPSA) is 0 Å². The van der Waals surface area contributed by atoms with Crippen molar-refractivity contribution >= 4 is 28.2 Å². The standard InChI is InChI=1S/C12H23Si3/c1-13(2)15(5,6)14(3,4)12-10-8-7-9-11-12/h7-11H,1-6H3/q-1. The van der Waals surface area contributed by atoms with Gasteiger partial charge in [0.1, 0.15) is 0 Å². The Labute approximate surface area is 97.9 Å². The first-order valence-corrected chi connectivity index (χ1v) is 16.2. The first kappa shape index (κ1) is 12.9. The van der Waals surface area contributed by atoms with Crippen LogP contribution in [0.25, 0.3) is 0 Å². The van der Waals surface area contributed by atoms with Crippen LogP contribution in [0.5, 0.6) is 0 Å². The largest absolute Gasteiger partial charge is 0.266 e. The van der Waals surface area contributed by atoms with Crippen LogP contribution >= 0.6 is 0 Å². The Morgan fingerprint density at radius 1 is 0.867 bits per heavy atom. The number of hydrogen-bond acceptors (Lipinski definition) is 0. The van der Waals surface area contributed by atoms with Crippen molar-refractivity contribution in [1.29, 1.82) is 0 Å². The molecule has 3 heteroatoms. The molecule has 0 heterocycles. The molecule has 0 bridgehead atoms. The molecule has 0 radical (unpaired) electrons. The smallest absolute Gasteiger partial charge is 0.0413 e. The van der Waals surface area contributed by atoms with Crippen LogP contribution in [-0.4, -0.2) is 23.0 Å². The lowest BCUT2D eigenvalue weighted by Gasteiger charge is -2.51. The summed E-state index contributed by atoms with van der Waals surface area (Å²) in [5.41, 5.74) is 0. The SMILES string of the molecule is C[Si-](C)[Si](C)(C)[Si](C)(C)c1ccccc1. The minimum Gasteiger partial charge on any atom is -0.266 e. The fourth-order valence-electron chi connectivity index (χ4n) is 1.84. The summed E-state index contributed by atoms with van der Waals surface area (Å²) in [6.07, 6.45) is 0. The highest BCUT2D eigenvalue weighted by atomic mass is 29.6. The summed E-state index contributed by atoms with van der Waals surface area (Å²) in [5.74, 6) is 0. The van der Waals surface area contributed by atoms with E-state index in [-0.39, 0.29) is 8.31 Å². The molecule has 0 atom stereocenters. The Morgan fingerprint density at radius 2 is 1.33 bits per heavy atom. The molecule has 1 aromatic carbocycles. The van der Waals surface area contributed by atoms with Crippen molar-refractivity contribution in [1.82, 2.24) is 0 Å². The fourth-order valence-corrected chi connectivity index (χ4v) is 23.8. The third-order valence-electron chi connectivity index (χ3n) is 4.31. The lowest BCUT2D eigenvalue weighted by Crippen LogP contribution is -2.69. The summed E-state index contributed by atoms with van der Waals surface area (Å²) in [5, 5.41) is 1.66. The van der Waals surface area contributed by atoms with Gasteiger partial charge in [0.05, 0.1) is 0 Å². The molecular formula is C12H23Si3-. The van der Waals surface area contributed by atoms with Crippen molar-refractivity contribution in [2.24, 2.45) is 0 Å². The van der Waals surface area contributed by atoms with E-state index in [9.17, 15) is 0 Å². The van der Waals surface area contributed by atoms with Gasteiger partial charge in [0.15, 0.2) is 0 Å². The second-order valence-corrected chi connectivity index (χ2v) is 30.4. The number of hydrogen-bond donors (Lipinski definition) is 0. The summed E-state index contributed by atoms with van der Waals surface area (Å²) in [6.45, 7) is 15.4. The van der Waals surface area contributed by atoms with Crippen molar-refractivity contribution in [3.63, 3.8) is 0 Å². The average Bonchev–Trinajstić information content (AvgIpc) is 2.18. The number of benzene rings is 1. The van der Waals surface area contributed by atoms with Gasteiger partial charge >= 0.3 is 0 Å². The maximum absolute atomic E-state index is 2.61. The third-order valence-corrected chi connectivity index (χ3v) is 39.6. The monoisotopic (exact) mass is 251 g/mol. The van der Waals surface area contributed by atoms with E-state index in [1.165, 1.54) is 0 Å². The van der Waals surface area contributed by atoms with E-state index in [1.54, 1.807) is 5.19 Å². The van der Waals surface area contributed by atoms with Crippen LogP contribution in [-0.2, 0) is 0 Å². The molecule has 0 aliphatic carbocycles. The molecule has 84 valence electrons. The second kappa shape index (κ2) is 4.39. The lowest BCUT2D eigenvalue weighted by molar-refractivity contribution is 1.71. The van der Waals surface area contributed by atoms with Crippen LogP contribution in [0.4, 0.5) is 0 Å². The highest BCUT2D eigenvalue weighted by Gasteiger charge is 2.36. The van der Waals surface area contributed by atoms with Crippen LogP contribution in [0.1, 0.15) is 0 Å². The first-order chi connectivity index (χ1) is 6.80. The molecule has 0 amide bonds. The zero-order valence-corrected chi connectivity index (χ0v) is 13.9. The molecule has 0 aliphatic heterocycles. The van der Waals surface area contributed by atoms with Crippen LogP contribution < -0.4 is 5.19 Å². The van der Waals surface area contributed by atoms with Crippen LogP contribution in [0.2, 0.25) is 39.3 Å². The maximum Gasteiger partial charge on any atom is 0.0413 e. The van der Waals surface area contributed by atoms with Crippen molar-refractivity contribution in [3.8, 4) is 0 Å². The summed E-state index contributed by atoms with van der Waals surface area (Å²) in [6, 6.07) is 11.2. The molecule has 0 saturated heterocycles. The molecule has 0 saturated carbocycles. The fraction of sp³-hybridized carbons (Fsp3) is 0.500. The Morgan fingerprint density at radius 3 is 1.73 bits per heavy atom. The maximum atomic E-state index is 2.61. The van der Waals surface area contributed by atoms with Crippen LogP contribution in [0.3, 0.4) is 0 Å². The predicted molar refractivity (Wildman–Crippen MR) is 78.5 cm³/mol. The molecule has 0 N–H and O–H groups in total. The molecule has 0 fully saturated rings. The predicted octanol–water partition coefficient (Wildman–Crippen LogP) is 3.22. The highest BCUT2D eigenvalue weighted by Crippen LogP contribution is 2.21. The molecule has 0 aromatic heterocycles. The van der Waals surface area contributed by atoms with Crippen molar-refractivity contribution in [2.45, 2.75) is 39.3 Å². The van der Waals surface area contributed by atoms with Gasteiger partial charge in [0, 0.05) is 7.59 Å². The third kappa shape index (κ3) is 2.34. The molecule has 0 unspecified atom stereocenters. The Balaban J connectivity index is 3.13. The van der Waals surface area contributed by atoms with Gasteiger partial charge in [-0.05, 0) is 0 Å². The Kier molecular flexibility index (Phi) is 3.79. The van der Waals surface area contributed by atoms with Gasteiger partial charge in [0.2, 0.25) is 0 Å². The van der Waals surface area contributed by atoms with Gasteiger partial charge < -0.3 is 0 Å². The molecule has 0 spiro atoms. The van der Waals surface area contributed by atoms with Crippen LogP contribution in [0, 0.1) is 0 Å². The van der Waals surface area contributed by atoms with E-state index < -0.39 is 14.7 Å². The normalized spacial score (nSPS) is 13.3. The number of rotatable bonds is 3. The van der Waals surface area contributed by atoms with E-state index in [2.05, 4.69) is 69.6 Å². The molecule has 15 heavy (non-hydrogen) atoms. The van der Waals surface area contributed by atoms with Crippen molar-refractivity contribution < 1.29 is 0 Å². The van der Waals surface area contributed by atoms with E-state index in [0.29, 0.717) is 0 Å². The quantitative estimate of drug-likeness (QED) is 0.724. The molecule has 0 aliphatic rings. The Bertz CT molecular complexity index is 315. The van der Waals surface area contributed by atoms with Gasteiger partial charge in [-0.25, -0.2) is 0 Å². The van der Waals surface area contributed by atoms with Gasteiger partial charge in [-0.2, -0.15) is 13.1 Å². The van der Waals surface area contributed by atoms with E-state index >= 15 is 0 Å². The minimum absolute atomic E-state index is 0.114. The molecule has 1 rings (SSSR count). The first-order valence-electron chi connectivity index (χ1n) is 5.66. The Hall–Kier alpha value is -0.129. The highest BCUT2D eigenvalue weighted by molar-refractivity contribution is 7.66. The van der Waals surface area contributed by atoms with Crippen molar-refractivity contribution in [3.05, 3.63) is 30.3 Å². The summed E-state index contributed by atoms with van der Waals surface area (Å²) in [4.78, 5) is 0.